The van der Waals surface area contributed by atoms with Gasteiger partial charge in [-0.05, 0) is 18.6 Å². The minimum Gasteiger partial charge on any atom is -0.480 e. The molecular weight excluding hydrogens is 156 g/mol. The molecule has 0 aromatic carbocycles. The summed E-state index contributed by atoms with van der Waals surface area (Å²) in [6.07, 6.45) is 0.854. The Labute approximate surface area is 70.4 Å². The molecule has 0 aliphatic heterocycles. The topological polar surface area (TPSA) is 79.1 Å². The number of aromatic amines is 1. The molecule has 0 aliphatic rings. The summed E-state index contributed by atoms with van der Waals surface area (Å²) in [6.45, 7) is 1.99. The van der Waals surface area contributed by atoms with Crippen molar-refractivity contribution in [2.24, 2.45) is 5.73 Å². The summed E-state index contributed by atoms with van der Waals surface area (Å²) in [5.41, 5.74) is 6.93. The Hall–Kier alpha value is -1.29. The first-order valence-electron chi connectivity index (χ1n) is 3.81. The molecule has 1 atom stereocenters. The molecule has 1 heterocycles. The maximum absolute atomic E-state index is 10.5. The quantitative estimate of drug-likeness (QED) is 0.620. The number of carboxylic acids is 1. The predicted molar refractivity (Wildman–Crippen MR) is 44.7 cm³/mol. The lowest BCUT2D eigenvalue weighted by molar-refractivity contribution is -0.138. The zero-order valence-electron chi connectivity index (χ0n) is 6.87. The number of hydrogen-bond acceptors (Lipinski definition) is 2. The van der Waals surface area contributed by atoms with E-state index in [1.165, 1.54) is 0 Å². The van der Waals surface area contributed by atoms with Crippen LogP contribution in [0.1, 0.15) is 24.4 Å². The average molecular weight is 168 g/mol. The van der Waals surface area contributed by atoms with Gasteiger partial charge in [0.05, 0.1) is 0 Å². The molecule has 1 aromatic heterocycles. The van der Waals surface area contributed by atoms with Gasteiger partial charge in [-0.1, -0.05) is 6.92 Å². The molecule has 4 N–H and O–H groups in total. The van der Waals surface area contributed by atoms with Crippen molar-refractivity contribution in [3.63, 3.8) is 0 Å². The van der Waals surface area contributed by atoms with Crippen molar-refractivity contribution in [3.05, 3.63) is 23.5 Å². The van der Waals surface area contributed by atoms with Crippen LogP contribution in [0, 0.1) is 0 Å². The molecule has 66 valence electrons. The third-order valence-electron chi connectivity index (χ3n) is 1.75. The summed E-state index contributed by atoms with van der Waals surface area (Å²) in [4.78, 5) is 13.4. The monoisotopic (exact) mass is 168 g/mol. The second-order valence-electron chi connectivity index (χ2n) is 2.61. The van der Waals surface area contributed by atoms with Crippen LogP contribution in [0.3, 0.4) is 0 Å². The Balaban J connectivity index is 2.81. The fourth-order valence-electron chi connectivity index (χ4n) is 0.980. The highest BCUT2D eigenvalue weighted by Crippen LogP contribution is 2.10. The van der Waals surface area contributed by atoms with Gasteiger partial charge in [-0.25, -0.2) is 0 Å². The number of aryl methyl sites for hydroxylation is 1. The predicted octanol–water partition coefficient (Wildman–Crippen LogP) is 0.662. The average Bonchev–Trinajstić information content (AvgIpc) is 2.50. The molecule has 0 saturated carbocycles. The molecule has 1 unspecified atom stereocenters. The zero-order chi connectivity index (χ0) is 9.14. The van der Waals surface area contributed by atoms with Gasteiger partial charge in [-0.15, -0.1) is 0 Å². The Bertz CT molecular complexity index is 280. The number of hydrogen-bond donors (Lipinski definition) is 3. The smallest absolute Gasteiger partial charge is 0.326 e. The summed E-state index contributed by atoms with van der Waals surface area (Å²) in [6, 6.07) is 2.61. The van der Waals surface area contributed by atoms with Crippen molar-refractivity contribution >= 4 is 5.97 Å². The fourth-order valence-corrected chi connectivity index (χ4v) is 0.980. The third-order valence-corrected chi connectivity index (χ3v) is 1.75. The van der Waals surface area contributed by atoms with E-state index >= 15 is 0 Å². The highest BCUT2D eigenvalue weighted by molar-refractivity contribution is 5.74. The molecule has 0 bridgehead atoms. The van der Waals surface area contributed by atoms with Crippen LogP contribution in [-0.4, -0.2) is 16.1 Å². The molecule has 0 amide bonds. The Morgan fingerprint density at radius 2 is 2.42 bits per heavy atom. The maximum Gasteiger partial charge on any atom is 0.326 e. The van der Waals surface area contributed by atoms with Gasteiger partial charge < -0.3 is 15.8 Å². The second-order valence-corrected chi connectivity index (χ2v) is 2.61. The molecular formula is C8H12N2O2. The number of H-pyrrole nitrogens is 1. The van der Waals surface area contributed by atoms with Crippen molar-refractivity contribution in [3.8, 4) is 0 Å². The molecule has 0 fully saturated rings. The highest BCUT2D eigenvalue weighted by atomic mass is 16.4. The van der Waals surface area contributed by atoms with Crippen molar-refractivity contribution < 1.29 is 9.90 Å². The Morgan fingerprint density at radius 3 is 2.83 bits per heavy atom. The van der Waals surface area contributed by atoms with E-state index in [0.29, 0.717) is 5.69 Å². The van der Waals surface area contributed by atoms with Gasteiger partial charge in [0.2, 0.25) is 0 Å². The van der Waals surface area contributed by atoms with Gasteiger partial charge in [0.25, 0.3) is 0 Å². The maximum atomic E-state index is 10.5. The van der Waals surface area contributed by atoms with Crippen LogP contribution in [0.2, 0.25) is 0 Å². The van der Waals surface area contributed by atoms with Crippen LogP contribution >= 0.6 is 0 Å². The van der Waals surface area contributed by atoms with Gasteiger partial charge in [0.1, 0.15) is 6.04 Å². The number of carboxylic acid groups (broad SMARTS) is 1. The van der Waals surface area contributed by atoms with Crippen molar-refractivity contribution in [1.29, 1.82) is 0 Å². The molecule has 0 saturated heterocycles. The third kappa shape index (κ3) is 1.65. The van der Waals surface area contributed by atoms with Gasteiger partial charge >= 0.3 is 5.97 Å². The normalized spacial score (nSPS) is 12.8. The van der Waals surface area contributed by atoms with Crippen LogP contribution in [-0.2, 0) is 11.2 Å². The summed E-state index contributed by atoms with van der Waals surface area (Å²) in [7, 11) is 0. The van der Waals surface area contributed by atoms with E-state index in [-0.39, 0.29) is 0 Å². The van der Waals surface area contributed by atoms with Crippen LogP contribution < -0.4 is 5.73 Å². The number of aliphatic carboxylic acids is 1. The first kappa shape index (κ1) is 8.80. The molecule has 0 aliphatic carbocycles. The molecule has 1 rings (SSSR count). The van der Waals surface area contributed by atoms with Crippen LogP contribution in [0.5, 0.6) is 0 Å². The largest absolute Gasteiger partial charge is 0.480 e. The summed E-state index contributed by atoms with van der Waals surface area (Å²) in [5.74, 6) is -1.01. The van der Waals surface area contributed by atoms with E-state index < -0.39 is 12.0 Å². The SMILES string of the molecule is CCc1ccc(C(N)C(=O)O)[nH]1. The molecule has 1 aromatic rings. The Morgan fingerprint density at radius 1 is 1.75 bits per heavy atom. The number of nitrogens with one attached hydrogen (secondary N) is 1. The molecule has 0 spiro atoms. The summed E-state index contributed by atoms with van der Waals surface area (Å²) < 4.78 is 0. The van der Waals surface area contributed by atoms with Gasteiger partial charge in [0, 0.05) is 11.4 Å². The Kier molecular flexibility index (Phi) is 2.50. The number of rotatable bonds is 3. The molecule has 4 heteroatoms. The minimum atomic E-state index is -1.01. The zero-order valence-corrected chi connectivity index (χ0v) is 6.87. The molecule has 12 heavy (non-hydrogen) atoms. The van der Waals surface area contributed by atoms with Gasteiger partial charge in [-0.3, -0.25) is 4.79 Å². The van der Waals surface area contributed by atoms with Crippen molar-refractivity contribution in [2.45, 2.75) is 19.4 Å². The van der Waals surface area contributed by atoms with E-state index in [0.717, 1.165) is 12.1 Å². The molecule has 0 radical (unpaired) electrons. The van der Waals surface area contributed by atoms with Crippen LogP contribution in [0.15, 0.2) is 12.1 Å². The summed E-state index contributed by atoms with van der Waals surface area (Å²) >= 11 is 0. The number of nitrogens with two attached hydrogens (primary N) is 1. The molecule has 4 nitrogen and oxygen atoms in total. The van der Waals surface area contributed by atoms with Crippen molar-refractivity contribution in [1.82, 2.24) is 4.98 Å². The van der Waals surface area contributed by atoms with Crippen LogP contribution in [0.25, 0.3) is 0 Å². The lowest BCUT2D eigenvalue weighted by atomic mass is 10.2. The van der Waals surface area contributed by atoms with E-state index in [2.05, 4.69) is 4.98 Å². The van der Waals surface area contributed by atoms with E-state index in [9.17, 15) is 4.79 Å². The first-order valence-corrected chi connectivity index (χ1v) is 3.81. The first-order chi connectivity index (χ1) is 5.65. The number of carbonyl (C=O) groups is 1. The van der Waals surface area contributed by atoms with Gasteiger partial charge in [-0.2, -0.15) is 0 Å². The lowest BCUT2D eigenvalue weighted by Gasteiger charge is -2.02. The second kappa shape index (κ2) is 3.40. The van der Waals surface area contributed by atoms with E-state index in [4.69, 9.17) is 10.8 Å². The summed E-state index contributed by atoms with van der Waals surface area (Å²) in [5, 5.41) is 8.57. The number of aromatic nitrogens is 1. The van der Waals surface area contributed by atoms with Crippen LogP contribution in [0.4, 0.5) is 0 Å². The fraction of sp³-hybridized carbons (Fsp3) is 0.375. The van der Waals surface area contributed by atoms with Crippen molar-refractivity contribution in [2.75, 3.05) is 0 Å². The highest BCUT2D eigenvalue weighted by Gasteiger charge is 2.15. The van der Waals surface area contributed by atoms with E-state index in [1.54, 1.807) is 6.07 Å². The van der Waals surface area contributed by atoms with E-state index in [1.807, 2.05) is 13.0 Å². The lowest BCUT2D eigenvalue weighted by Crippen LogP contribution is -2.20. The minimum absolute atomic E-state index is 0.555. The van der Waals surface area contributed by atoms with Gasteiger partial charge in [0.15, 0.2) is 0 Å². The standard InChI is InChI=1S/C8H12N2O2/c1-2-5-3-4-6(10-5)7(9)8(11)12/h3-4,7,10H,2,9H2,1H3,(H,11,12).